The van der Waals surface area contributed by atoms with Crippen molar-refractivity contribution in [3.63, 3.8) is 0 Å². The molecule has 0 bridgehead atoms. The van der Waals surface area contributed by atoms with Gasteiger partial charge in [-0.3, -0.25) is 0 Å². The standard InChI is InChI=1S/C55H35N5O.C39H32BN3O3.C22H15BrN2/c1-5-17-36(18-6-1)46-35-47(37-19-7-2-8-20-37)57-54(56-46)42-27-15-25-40(33-42)44-31-32-49-51(45-29-13-14-30-48(45)61-49)50(44)41-26-16-28-43(34-41)55-59-52(38-21-9-3-10-22-38)58-53(60-55)39-23-11-4-12-24-39;1-38(2)39(3,4)46-40(45-38)29-23-31(34-30-20-11-12-21-32(30)44-33(34)24-29)27-18-13-19-28(22-27)37-42-35(25-14-7-5-8-15-25)41-36(43-37)26-16-9-6-10-17-26;23-19-13-7-12-18(14-19)22-24-20(16-8-3-1-4-9-16)15-21(25-22)17-10-5-2-6-11-17/h1-35H;5-24H,1-4H3;1-15H. The molecule has 22 aromatic rings. The number of benzene rings is 16. The number of hydrogen-bond donors (Lipinski definition) is 0. The third kappa shape index (κ3) is 17.2. The molecule has 1 saturated heterocycles. The number of para-hydroxylation sites is 2. The van der Waals surface area contributed by atoms with Crippen molar-refractivity contribution in [3.8, 4) is 170 Å². The van der Waals surface area contributed by atoms with Gasteiger partial charge in [-0.25, -0.2) is 49.8 Å². The van der Waals surface area contributed by atoms with E-state index >= 15 is 0 Å². The highest BCUT2D eigenvalue weighted by Crippen LogP contribution is 2.47. The van der Waals surface area contributed by atoms with Crippen LogP contribution in [0.1, 0.15) is 27.7 Å². The van der Waals surface area contributed by atoms with Crippen LogP contribution in [-0.2, 0) is 9.31 Å². The highest BCUT2D eigenvalue weighted by molar-refractivity contribution is 9.10. The summed E-state index contributed by atoms with van der Waals surface area (Å²) < 4.78 is 26.9. The average molecular weight is 1770 g/mol. The topological polar surface area (TPSA) is 174 Å². The SMILES string of the molecule is Brc1cccc(-c2nc(-c3ccccc3)cc(-c3ccccc3)n2)c1.CC1(C)OB(c2cc(-c3cccc(-c4nc(-c5ccccc5)nc(-c5ccccc5)n4)c3)c3c(c2)oc2ccccc23)OC1(C)C.c1ccc(-c2cc(-c3ccccc3)nc(-c3cccc(-c4ccc5oc6ccccc6c5c4-c4cccc(-c5nc(-c6ccccc6)nc(-c6ccccc6)n5)c4)c3)n2)cc1. The van der Waals surface area contributed by atoms with Crippen molar-refractivity contribution in [1.82, 2.24) is 49.8 Å². The zero-order chi connectivity index (χ0) is 89.1. The van der Waals surface area contributed by atoms with Crippen LogP contribution in [0.15, 0.2) is 438 Å². The van der Waals surface area contributed by atoms with Gasteiger partial charge in [0.1, 0.15) is 22.3 Å². The van der Waals surface area contributed by atoms with Crippen LogP contribution in [0.3, 0.4) is 0 Å². The second-order valence-electron chi connectivity index (χ2n) is 33.3. The second kappa shape index (κ2) is 36.1. The number of aromatic nitrogens is 10. The molecular weight excluding hydrogens is 1690 g/mol. The monoisotopic (exact) mass is 1770 g/mol. The van der Waals surface area contributed by atoms with Gasteiger partial charge in [-0.15, -0.1) is 0 Å². The Labute approximate surface area is 772 Å². The fourth-order valence-electron chi connectivity index (χ4n) is 16.7. The number of hydrogen-bond acceptors (Lipinski definition) is 14. The lowest BCUT2D eigenvalue weighted by Gasteiger charge is -2.32. The Balaban J connectivity index is 0.000000130. The van der Waals surface area contributed by atoms with Crippen LogP contribution in [0.2, 0.25) is 0 Å². The van der Waals surface area contributed by atoms with Gasteiger partial charge in [0, 0.05) is 98.3 Å². The lowest BCUT2D eigenvalue weighted by atomic mass is 9.77. The van der Waals surface area contributed by atoms with Crippen molar-refractivity contribution >= 4 is 72.4 Å². The van der Waals surface area contributed by atoms with Gasteiger partial charge in [0.15, 0.2) is 46.6 Å². The Morgan fingerprint density at radius 1 is 0.212 bits per heavy atom. The van der Waals surface area contributed by atoms with Gasteiger partial charge in [-0.05, 0) is 128 Å². The summed E-state index contributed by atoms with van der Waals surface area (Å²) in [5.41, 5.74) is 24.6. The zero-order valence-electron chi connectivity index (χ0n) is 72.5. The molecule has 7 heterocycles. The summed E-state index contributed by atoms with van der Waals surface area (Å²) in [6, 6.07) is 144. The van der Waals surface area contributed by atoms with E-state index in [-0.39, 0.29) is 0 Å². The zero-order valence-corrected chi connectivity index (χ0v) is 74.1. The molecule has 0 saturated carbocycles. The van der Waals surface area contributed by atoms with Gasteiger partial charge < -0.3 is 18.1 Å². The molecule has 1 aliphatic rings. The summed E-state index contributed by atoms with van der Waals surface area (Å²) in [5, 5.41) is 4.17. The van der Waals surface area contributed by atoms with E-state index < -0.39 is 18.3 Å². The Hall–Kier alpha value is -16.2. The highest BCUT2D eigenvalue weighted by Gasteiger charge is 2.52. The van der Waals surface area contributed by atoms with Crippen LogP contribution < -0.4 is 5.46 Å². The number of rotatable bonds is 16. The van der Waals surface area contributed by atoms with E-state index in [0.717, 1.165) is 183 Å². The molecular formula is C116H82BBrN10O4. The Bertz CT molecular complexity index is 7730. The van der Waals surface area contributed by atoms with Crippen LogP contribution in [0.4, 0.5) is 0 Å². The van der Waals surface area contributed by atoms with Crippen LogP contribution in [0.5, 0.6) is 0 Å². The first-order valence-electron chi connectivity index (χ1n) is 43.8. The quantitative estimate of drug-likeness (QED) is 0.0836. The summed E-state index contributed by atoms with van der Waals surface area (Å²) in [7, 11) is -0.532. The van der Waals surface area contributed by atoms with Gasteiger partial charge in [-0.2, -0.15) is 0 Å². The van der Waals surface area contributed by atoms with E-state index in [9.17, 15) is 0 Å². The molecule has 16 heteroatoms. The van der Waals surface area contributed by atoms with Crippen molar-refractivity contribution in [2.45, 2.75) is 38.9 Å². The first-order chi connectivity index (χ1) is 64.8. The van der Waals surface area contributed by atoms with Crippen molar-refractivity contribution in [2.75, 3.05) is 0 Å². The number of furan rings is 2. The first kappa shape index (κ1) is 82.7. The Kier molecular flexibility index (Phi) is 22.6. The van der Waals surface area contributed by atoms with Gasteiger partial charge >= 0.3 is 7.12 Å². The smallest absolute Gasteiger partial charge is 0.456 e. The van der Waals surface area contributed by atoms with Crippen molar-refractivity contribution in [2.24, 2.45) is 0 Å². The third-order valence-corrected chi connectivity index (χ3v) is 24.5. The largest absolute Gasteiger partial charge is 0.494 e. The summed E-state index contributed by atoms with van der Waals surface area (Å²) in [4.78, 5) is 49.8. The normalized spacial score (nSPS) is 12.6. The fraction of sp³-hybridized carbons (Fsp3) is 0.0517. The second-order valence-corrected chi connectivity index (χ2v) is 34.2. The summed E-state index contributed by atoms with van der Waals surface area (Å²) in [6.45, 7) is 8.27. The average Bonchev–Trinajstić information content (AvgIpc) is 1.59. The molecule has 132 heavy (non-hydrogen) atoms. The van der Waals surface area contributed by atoms with Crippen molar-refractivity contribution in [3.05, 3.63) is 429 Å². The highest BCUT2D eigenvalue weighted by atomic mass is 79.9. The van der Waals surface area contributed by atoms with Crippen molar-refractivity contribution in [1.29, 1.82) is 0 Å². The molecule has 0 atom stereocenters. The minimum absolute atomic E-state index is 0.466. The lowest BCUT2D eigenvalue weighted by Crippen LogP contribution is -2.41. The van der Waals surface area contributed by atoms with E-state index in [2.05, 4.69) is 207 Å². The summed E-state index contributed by atoms with van der Waals surface area (Å²) in [5.74, 6) is 5.05. The van der Waals surface area contributed by atoms with E-state index in [0.29, 0.717) is 40.8 Å². The molecule has 6 aromatic heterocycles. The van der Waals surface area contributed by atoms with Crippen LogP contribution in [0.25, 0.3) is 213 Å². The van der Waals surface area contributed by atoms with Gasteiger partial charge in [-0.1, -0.05) is 374 Å². The maximum Gasteiger partial charge on any atom is 0.494 e. The third-order valence-electron chi connectivity index (χ3n) is 24.1. The minimum atomic E-state index is -0.532. The minimum Gasteiger partial charge on any atom is -0.456 e. The summed E-state index contributed by atoms with van der Waals surface area (Å²) >= 11 is 3.53. The maximum atomic E-state index is 6.50. The van der Waals surface area contributed by atoms with E-state index in [1.54, 1.807) is 0 Å². The van der Waals surface area contributed by atoms with Crippen LogP contribution in [-0.4, -0.2) is 68.2 Å². The van der Waals surface area contributed by atoms with Crippen molar-refractivity contribution < 1.29 is 18.1 Å². The fourth-order valence-corrected chi connectivity index (χ4v) is 17.1. The number of fused-ring (bicyclic) bond motifs is 6. The molecule has 0 amide bonds. The van der Waals surface area contributed by atoms with Gasteiger partial charge in [0.2, 0.25) is 0 Å². The number of halogens is 1. The molecule has 1 aliphatic heterocycles. The summed E-state index contributed by atoms with van der Waals surface area (Å²) in [6.07, 6.45) is 0. The van der Waals surface area contributed by atoms with Crippen LogP contribution in [0, 0.1) is 0 Å². The molecule has 0 aliphatic carbocycles. The predicted molar refractivity (Wildman–Crippen MR) is 537 cm³/mol. The molecule has 0 N–H and O–H groups in total. The van der Waals surface area contributed by atoms with Gasteiger partial charge in [0.25, 0.3) is 0 Å². The first-order valence-corrected chi connectivity index (χ1v) is 44.6. The maximum absolute atomic E-state index is 6.50. The molecule has 0 radical (unpaired) electrons. The molecule has 23 rings (SSSR count). The molecule has 0 unspecified atom stereocenters. The molecule has 0 spiro atoms. The molecule has 14 nitrogen and oxygen atoms in total. The predicted octanol–water partition coefficient (Wildman–Crippen LogP) is 28.9. The van der Waals surface area contributed by atoms with E-state index in [4.69, 9.17) is 68.0 Å². The lowest BCUT2D eigenvalue weighted by molar-refractivity contribution is 0.00578. The molecule has 1 fully saturated rings. The van der Waals surface area contributed by atoms with E-state index in [1.165, 1.54) is 0 Å². The Morgan fingerprint density at radius 3 is 0.886 bits per heavy atom. The van der Waals surface area contributed by atoms with Crippen LogP contribution >= 0.6 is 15.9 Å². The molecule has 630 valence electrons. The molecule has 16 aromatic carbocycles. The number of nitrogens with zero attached hydrogens (tertiary/aromatic N) is 10. The Morgan fingerprint density at radius 2 is 0.500 bits per heavy atom. The van der Waals surface area contributed by atoms with Gasteiger partial charge in [0.05, 0.1) is 34.0 Å². The van der Waals surface area contributed by atoms with E-state index in [1.807, 2.05) is 261 Å².